The monoisotopic (exact) mass is 383 g/mol. The fourth-order valence-corrected chi connectivity index (χ4v) is 2.29. The number of hydrogen-bond donors (Lipinski definition) is 2. The summed E-state index contributed by atoms with van der Waals surface area (Å²) in [7, 11) is 0. The highest BCUT2D eigenvalue weighted by Gasteiger charge is 2.30. The number of nitrogens with zero attached hydrogens (tertiary/aromatic N) is 3. The van der Waals surface area contributed by atoms with Crippen LogP contribution in [-0.4, -0.2) is 16.1 Å². The topological polar surface area (TPSA) is 90.7 Å². The molecule has 0 bridgehead atoms. The highest BCUT2D eigenvalue weighted by Crippen LogP contribution is 2.29. The van der Waals surface area contributed by atoms with Crippen molar-refractivity contribution in [2.45, 2.75) is 6.18 Å². The van der Waals surface area contributed by atoms with Gasteiger partial charge in [-0.2, -0.15) is 18.4 Å². The van der Waals surface area contributed by atoms with Crippen molar-refractivity contribution < 1.29 is 18.0 Å². The highest BCUT2D eigenvalue weighted by molar-refractivity contribution is 6.02. The molecule has 0 unspecified atom stereocenters. The molecule has 1 amide bonds. The zero-order chi connectivity index (χ0) is 20.1. The molecule has 0 fully saturated rings. The van der Waals surface area contributed by atoms with Gasteiger partial charge in [0.05, 0.1) is 16.8 Å². The van der Waals surface area contributed by atoms with E-state index in [1.807, 2.05) is 6.07 Å². The van der Waals surface area contributed by atoms with Gasteiger partial charge in [0, 0.05) is 5.69 Å². The smallest absolute Gasteiger partial charge is 0.338 e. The van der Waals surface area contributed by atoms with Gasteiger partial charge in [-0.25, -0.2) is 0 Å². The van der Waals surface area contributed by atoms with E-state index in [0.717, 1.165) is 24.3 Å². The number of carbonyl (C=O) groups excluding carboxylic acids is 1. The molecule has 0 atom stereocenters. The van der Waals surface area contributed by atoms with E-state index in [9.17, 15) is 18.0 Å². The normalized spacial score (nSPS) is 10.8. The summed E-state index contributed by atoms with van der Waals surface area (Å²) >= 11 is 0. The van der Waals surface area contributed by atoms with Crippen molar-refractivity contribution in [1.82, 2.24) is 10.2 Å². The van der Waals surface area contributed by atoms with Crippen molar-refractivity contribution in [2.75, 3.05) is 10.6 Å². The Bertz CT molecular complexity index is 1030. The van der Waals surface area contributed by atoms with Gasteiger partial charge in [-0.1, -0.05) is 12.1 Å². The summed E-state index contributed by atoms with van der Waals surface area (Å²) in [6.07, 6.45) is -4.44. The van der Waals surface area contributed by atoms with Gasteiger partial charge in [-0.05, 0) is 48.5 Å². The number of halogens is 3. The Kier molecular flexibility index (Phi) is 5.22. The van der Waals surface area contributed by atoms with Crippen LogP contribution in [0.5, 0.6) is 0 Å². The van der Waals surface area contributed by atoms with E-state index in [2.05, 4.69) is 20.8 Å². The lowest BCUT2D eigenvalue weighted by molar-refractivity contribution is -0.137. The number of aromatic nitrogens is 2. The van der Waals surface area contributed by atoms with E-state index >= 15 is 0 Å². The van der Waals surface area contributed by atoms with Crippen LogP contribution in [0.15, 0.2) is 60.7 Å². The summed E-state index contributed by atoms with van der Waals surface area (Å²) < 4.78 is 37.7. The molecule has 0 saturated heterocycles. The van der Waals surface area contributed by atoms with Crippen molar-refractivity contribution in [3.63, 3.8) is 0 Å². The third-order valence-corrected chi connectivity index (χ3v) is 3.68. The van der Waals surface area contributed by atoms with Gasteiger partial charge in [-0.15, -0.1) is 10.2 Å². The maximum atomic E-state index is 12.6. The minimum Gasteiger partial charge on any atom is -0.338 e. The second kappa shape index (κ2) is 7.75. The molecule has 0 spiro atoms. The van der Waals surface area contributed by atoms with Gasteiger partial charge < -0.3 is 10.6 Å². The summed E-state index contributed by atoms with van der Waals surface area (Å²) in [6, 6.07) is 15.8. The number of carbonyl (C=O) groups is 1. The predicted molar refractivity (Wildman–Crippen MR) is 95.9 cm³/mol. The van der Waals surface area contributed by atoms with E-state index in [4.69, 9.17) is 5.26 Å². The average Bonchev–Trinajstić information content (AvgIpc) is 2.68. The first-order valence-corrected chi connectivity index (χ1v) is 7.95. The fraction of sp³-hybridized carbons (Fsp3) is 0.0526. The Morgan fingerprint density at radius 3 is 2.29 bits per heavy atom. The van der Waals surface area contributed by atoms with Gasteiger partial charge in [0.25, 0.3) is 5.91 Å². The number of nitrogens with one attached hydrogen (secondary N) is 2. The van der Waals surface area contributed by atoms with Crippen molar-refractivity contribution >= 4 is 23.1 Å². The Hall–Kier alpha value is -3.93. The highest BCUT2D eigenvalue weighted by atomic mass is 19.4. The molecule has 0 aliphatic rings. The van der Waals surface area contributed by atoms with Crippen LogP contribution in [-0.2, 0) is 6.18 Å². The van der Waals surface area contributed by atoms with Crippen molar-refractivity contribution in [3.8, 4) is 6.07 Å². The van der Waals surface area contributed by atoms with E-state index in [1.165, 1.54) is 12.1 Å². The molecule has 0 aliphatic carbocycles. The molecule has 0 saturated carbocycles. The number of alkyl halides is 3. The largest absolute Gasteiger partial charge is 0.416 e. The number of anilines is 3. The summed E-state index contributed by atoms with van der Waals surface area (Å²) in [5.74, 6) is -0.287. The van der Waals surface area contributed by atoms with Gasteiger partial charge in [0.2, 0.25) is 0 Å². The third-order valence-electron chi connectivity index (χ3n) is 3.68. The van der Waals surface area contributed by atoms with Crippen molar-refractivity contribution in [1.29, 1.82) is 5.26 Å². The molecule has 3 rings (SSSR count). The van der Waals surface area contributed by atoms with Crippen LogP contribution >= 0.6 is 0 Å². The lowest BCUT2D eigenvalue weighted by Gasteiger charge is -2.09. The molecule has 1 aromatic heterocycles. The van der Waals surface area contributed by atoms with Crippen molar-refractivity contribution in [3.05, 3.63) is 77.5 Å². The number of rotatable bonds is 4. The van der Waals surface area contributed by atoms with Gasteiger partial charge in [0.1, 0.15) is 6.07 Å². The van der Waals surface area contributed by atoms with Gasteiger partial charge in [-0.3, -0.25) is 4.79 Å². The Labute approximate surface area is 157 Å². The summed E-state index contributed by atoms with van der Waals surface area (Å²) in [5, 5.41) is 22.1. The number of para-hydroxylation sites is 1. The first kappa shape index (κ1) is 18.8. The first-order valence-electron chi connectivity index (χ1n) is 7.95. The van der Waals surface area contributed by atoms with Crippen LogP contribution in [0, 0.1) is 11.3 Å². The van der Waals surface area contributed by atoms with E-state index in [1.54, 1.807) is 24.3 Å². The fourth-order valence-electron chi connectivity index (χ4n) is 2.29. The van der Waals surface area contributed by atoms with E-state index in [0.29, 0.717) is 17.1 Å². The minimum absolute atomic E-state index is 0.0148. The lowest BCUT2D eigenvalue weighted by atomic mass is 10.2. The quantitative estimate of drug-likeness (QED) is 0.698. The molecule has 0 radical (unpaired) electrons. The lowest BCUT2D eigenvalue weighted by Crippen LogP contribution is -2.15. The third kappa shape index (κ3) is 4.42. The summed E-state index contributed by atoms with van der Waals surface area (Å²) in [6.45, 7) is 0. The van der Waals surface area contributed by atoms with E-state index in [-0.39, 0.29) is 11.4 Å². The molecule has 9 heteroatoms. The molecule has 2 aromatic carbocycles. The molecule has 28 heavy (non-hydrogen) atoms. The zero-order valence-electron chi connectivity index (χ0n) is 14.2. The van der Waals surface area contributed by atoms with Crippen LogP contribution in [0.4, 0.5) is 30.4 Å². The molecular weight excluding hydrogens is 371 g/mol. The molecule has 0 aliphatic heterocycles. The zero-order valence-corrected chi connectivity index (χ0v) is 14.2. The molecular formula is C19H12F3N5O. The SMILES string of the molecule is N#Cc1ccccc1Nc1ccc(C(=O)Nc2ccc(C(F)(F)F)cc2)nn1. The summed E-state index contributed by atoms with van der Waals surface area (Å²) in [5.41, 5.74) is 0.344. The Balaban J connectivity index is 1.68. The van der Waals surface area contributed by atoms with Crippen LogP contribution < -0.4 is 10.6 Å². The van der Waals surface area contributed by atoms with Crippen molar-refractivity contribution in [2.24, 2.45) is 0 Å². The maximum Gasteiger partial charge on any atom is 0.416 e. The molecule has 3 aromatic rings. The molecule has 1 heterocycles. The van der Waals surface area contributed by atoms with Crippen LogP contribution in [0.1, 0.15) is 21.6 Å². The minimum atomic E-state index is -4.44. The molecule has 140 valence electrons. The number of amides is 1. The van der Waals surface area contributed by atoms with E-state index < -0.39 is 17.6 Å². The standard InChI is InChI=1S/C19H12F3N5O/c20-19(21,22)13-5-7-14(8-6-13)24-18(28)16-9-10-17(27-26-16)25-15-4-2-1-3-12(15)11-23/h1-10H,(H,24,28)(H,25,27). The maximum absolute atomic E-state index is 12.6. The average molecular weight is 383 g/mol. The molecule has 2 N–H and O–H groups in total. The summed E-state index contributed by atoms with van der Waals surface area (Å²) in [4.78, 5) is 12.2. The van der Waals surface area contributed by atoms with Crippen LogP contribution in [0.3, 0.4) is 0 Å². The number of nitriles is 1. The predicted octanol–water partition coefficient (Wildman–Crippen LogP) is 4.36. The van der Waals surface area contributed by atoms with Gasteiger partial charge >= 0.3 is 6.18 Å². The van der Waals surface area contributed by atoms with Crippen LogP contribution in [0.25, 0.3) is 0 Å². The number of hydrogen-bond acceptors (Lipinski definition) is 5. The Morgan fingerprint density at radius 2 is 1.68 bits per heavy atom. The first-order chi connectivity index (χ1) is 13.4. The second-order valence-corrected chi connectivity index (χ2v) is 5.62. The second-order valence-electron chi connectivity index (χ2n) is 5.62. The van der Waals surface area contributed by atoms with Crippen LogP contribution in [0.2, 0.25) is 0 Å². The van der Waals surface area contributed by atoms with Gasteiger partial charge in [0.15, 0.2) is 11.5 Å². The molecule has 6 nitrogen and oxygen atoms in total. The number of benzene rings is 2. The Morgan fingerprint density at radius 1 is 0.964 bits per heavy atom.